The number of benzene rings is 2. The van der Waals surface area contributed by atoms with Gasteiger partial charge in [-0.15, -0.1) is 0 Å². The molecule has 0 aliphatic carbocycles. The molecular formula is C24H35FN2O. The summed E-state index contributed by atoms with van der Waals surface area (Å²) in [4.78, 5) is 2.18. The minimum atomic E-state index is -0.452. The van der Waals surface area contributed by atoms with E-state index >= 15 is 0 Å². The van der Waals surface area contributed by atoms with Crippen LogP contribution < -0.4 is 5.32 Å². The first-order valence-corrected chi connectivity index (χ1v) is 10.3. The lowest BCUT2D eigenvalue weighted by Crippen LogP contribution is -2.28. The van der Waals surface area contributed by atoms with E-state index in [1.165, 1.54) is 28.8 Å². The van der Waals surface area contributed by atoms with Gasteiger partial charge in [0.05, 0.1) is 6.61 Å². The molecule has 0 spiro atoms. The average molecular weight is 387 g/mol. The molecule has 1 atom stereocenters. The lowest BCUT2D eigenvalue weighted by molar-refractivity contribution is -0.0140. The summed E-state index contributed by atoms with van der Waals surface area (Å²) in [5.74, 6) is -0.209. The Hall–Kier alpha value is -1.75. The van der Waals surface area contributed by atoms with Crippen molar-refractivity contribution in [1.82, 2.24) is 10.2 Å². The molecule has 1 unspecified atom stereocenters. The number of aryl methyl sites for hydroxylation is 1. The fourth-order valence-corrected chi connectivity index (χ4v) is 3.72. The Morgan fingerprint density at radius 2 is 1.75 bits per heavy atom. The van der Waals surface area contributed by atoms with Crippen LogP contribution in [0, 0.1) is 12.7 Å². The summed E-state index contributed by atoms with van der Waals surface area (Å²) >= 11 is 0. The van der Waals surface area contributed by atoms with Gasteiger partial charge in [0, 0.05) is 0 Å². The average Bonchev–Trinajstić information content (AvgIpc) is 3.02. The van der Waals surface area contributed by atoms with E-state index in [1.807, 2.05) is 12.1 Å². The van der Waals surface area contributed by atoms with Gasteiger partial charge < -0.3 is 15.0 Å². The number of rotatable bonds is 7. The van der Waals surface area contributed by atoms with Crippen LogP contribution >= 0.6 is 0 Å². The molecule has 154 valence electrons. The zero-order chi connectivity index (χ0) is 20.6. The summed E-state index contributed by atoms with van der Waals surface area (Å²) in [7, 11) is 4.16. The minimum absolute atomic E-state index is 0.209. The van der Waals surface area contributed by atoms with Crippen LogP contribution in [0.5, 0.6) is 0 Å². The van der Waals surface area contributed by atoms with Crippen LogP contribution in [0.25, 0.3) is 0 Å². The first-order valence-electron chi connectivity index (χ1n) is 10.3. The molecule has 4 heteroatoms. The van der Waals surface area contributed by atoms with Crippen molar-refractivity contribution in [3.63, 3.8) is 0 Å². The van der Waals surface area contributed by atoms with E-state index in [9.17, 15) is 4.39 Å². The molecule has 0 bridgehead atoms. The molecule has 1 heterocycles. The van der Waals surface area contributed by atoms with Crippen LogP contribution in [-0.4, -0.2) is 38.6 Å². The van der Waals surface area contributed by atoms with Gasteiger partial charge >= 0.3 is 0 Å². The van der Waals surface area contributed by atoms with Gasteiger partial charge in [-0.1, -0.05) is 49.7 Å². The Balaban J connectivity index is 0.000000500. The summed E-state index contributed by atoms with van der Waals surface area (Å²) in [5, 5.41) is 3.11. The first kappa shape index (κ1) is 22.5. The van der Waals surface area contributed by atoms with Crippen molar-refractivity contribution in [1.29, 1.82) is 0 Å². The van der Waals surface area contributed by atoms with Crippen LogP contribution in [0.2, 0.25) is 0 Å². The lowest BCUT2D eigenvalue weighted by Gasteiger charge is -2.31. The Kier molecular flexibility index (Phi) is 8.61. The highest BCUT2D eigenvalue weighted by Gasteiger charge is 2.41. The maximum Gasteiger partial charge on any atom is 0.123 e. The summed E-state index contributed by atoms with van der Waals surface area (Å²) in [5.41, 5.74) is 4.32. The van der Waals surface area contributed by atoms with E-state index < -0.39 is 5.60 Å². The van der Waals surface area contributed by atoms with Gasteiger partial charge in [0.2, 0.25) is 0 Å². The van der Waals surface area contributed by atoms with Gasteiger partial charge in [-0.05, 0) is 82.3 Å². The smallest absolute Gasteiger partial charge is 0.123 e. The van der Waals surface area contributed by atoms with Crippen molar-refractivity contribution < 1.29 is 9.13 Å². The molecule has 1 aliphatic heterocycles. The number of nitrogens with zero attached hydrogens (tertiary/aromatic N) is 1. The number of hydrogen-bond donors (Lipinski definition) is 1. The third-order valence-corrected chi connectivity index (χ3v) is 5.11. The zero-order valence-electron chi connectivity index (χ0n) is 18.0. The molecule has 0 amide bonds. The molecule has 0 radical (unpaired) electrons. The van der Waals surface area contributed by atoms with E-state index in [1.54, 1.807) is 0 Å². The zero-order valence-corrected chi connectivity index (χ0v) is 18.0. The van der Waals surface area contributed by atoms with Crippen LogP contribution in [0.1, 0.15) is 48.9 Å². The molecule has 0 aromatic heterocycles. The Bertz CT molecular complexity index is 728. The van der Waals surface area contributed by atoms with Crippen molar-refractivity contribution in [2.45, 2.75) is 45.8 Å². The molecule has 0 fully saturated rings. The Morgan fingerprint density at radius 3 is 2.32 bits per heavy atom. The minimum Gasteiger partial charge on any atom is -0.361 e. The van der Waals surface area contributed by atoms with Crippen molar-refractivity contribution in [3.05, 3.63) is 70.5 Å². The van der Waals surface area contributed by atoms with Gasteiger partial charge in [0.1, 0.15) is 11.4 Å². The Morgan fingerprint density at radius 1 is 1.07 bits per heavy atom. The van der Waals surface area contributed by atoms with Crippen molar-refractivity contribution >= 4 is 0 Å². The maximum absolute atomic E-state index is 13.4. The van der Waals surface area contributed by atoms with E-state index in [4.69, 9.17) is 4.74 Å². The number of ether oxygens (including phenoxy) is 1. The van der Waals surface area contributed by atoms with Crippen molar-refractivity contribution in [2.24, 2.45) is 0 Å². The molecule has 2 aromatic carbocycles. The number of nitrogens with one attached hydrogen (secondary N) is 1. The predicted octanol–water partition coefficient (Wildman–Crippen LogP) is 4.87. The van der Waals surface area contributed by atoms with Crippen molar-refractivity contribution in [2.75, 3.05) is 33.7 Å². The van der Waals surface area contributed by atoms with E-state index in [-0.39, 0.29) is 5.82 Å². The topological polar surface area (TPSA) is 24.5 Å². The lowest BCUT2D eigenvalue weighted by atomic mass is 9.81. The quantitative estimate of drug-likeness (QED) is 0.735. The molecule has 0 saturated carbocycles. The SMILES string of the molecule is CCNCC.Cc1ccc2c(c1)COC2(CCCN(C)C)c1ccc(F)cc1. The highest BCUT2D eigenvalue weighted by Crippen LogP contribution is 2.45. The fourth-order valence-electron chi connectivity index (χ4n) is 3.72. The molecule has 1 aliphatic rings. The number of halogens is 1. The molecule has 1 N–H and O–H groups in total. The van der Waals surface area contributed by atoms with Crippen LogP contribution in [0.4, 0.5) is 4.39 Å². The van der Waals surface area contributed by atoms with E-state index in [0.717, 1.165) is 38.0 Å². The third kappa shape index (κ3) is 5.63. The van der Waals surface area contributed by atoms with Crippen LogP contribution in [-0.2, 0) is 16.9 Å². The summed E-state index contributed by atoms with van der Waals surface area (Å²) in [6, 6.07) is 13.3. The normalized spacial score (nSPS) is 18.0. The third-order valence-electron chi connectivity index (χ3n) is 5.11. The maximum atomic E-state index is 13.4. The van der Waals surface area contributed by atoms with Gasteiger partial charge in [-0.2, -0.15) is 0 Å². The second-order valence-corrected chi connectivity index (χ2v) is 7.65. The summed E-state index contributed by atoms with van der Waals surface area (Å²) in [6.45, 7) is 10.1. The second-order valence-electron chi connectivity index (χ2n) is 7.65. The summed E-state index contributed by atoms with van der Waals surface area (Å²) in [6.07, 6.45) is 1.92. The second kappa shape index (κ2) is 10.7. The van der Waals surface area contributed by atoms with Gasteiger partial charge in [-0.25, -0.2) is 4.39 Å². The molecular weight excluding hydrogens is 351 g/mol. The molecule has 2 aromatic rings. The molecule has 3 rings (SSSR count). The number of fused-ring (bicyclic) bond motifs is 1. The Labute approximate surface area is 169 Å². The van der Waals surface area contributed by atoms with Crippen LogP contribution in [0.3, 0.4) is 0 Å². The van der Waals surface area contributed by atoms with E-state index in [2.05, 4.69) is 63.3 Å². The standard InChI is InChI=1S/C20H24FNO.C4H11N/c1-15-5-10-19-16(13-15)14-23-20(19,11-4-12-22(2)3)17-6-8-18(21)9-7-17;1-3-5-4-2/h5-10,13H,4,11-12,14H2,1-3H3;5H,3-4H2,1-2H3. The van der Waals surface area contributed by atoms with Gasteiger partial charge in [0.25, 0.3) is 0 Å². The van der Waals surface area contributed by atoms with Gasteiger partial charge in [-0.3, -0.25) is 0 Å². The van der Waals surface area contributed by atoms with Crippen LogP contribution in [0.15, 0.2) is 42.5 Å². The van der Waals surface area contributed by atoms with Gasteiger partial charge in [0.15, 0.2) is 0 Å². The first-order chi connectivity index (χ1) is 13.4. The molecule has 28 heavy (non-hydrogen) atoms. The largest absolute Gasteiger partial charge is 0.361 e. The highest BCUT2D eigenvalue weighted by molar-refractivity contribution is 5.45. The van der Waals surface area contributed by atoms with E-state index in [0.29, 0.717) is 6.61 Å². The molecule has 3 nitrogen and oxygen atoms in total. The number of hydrogen-bond acceptors (Lipinski definition) is 3. The highest BCUT2D eigenvalue weighted by atomic mass is 19.1. The monoisotopic (exact) mass is 386 g/mol. The van der Waals surface area contributed by atoms with Crippen molar-refractivity contribution in [3.8, 4) is 0 Å². The molecule has 0 saturated heterocycles. The fraction of sp³-hybridized carbons (Fsp3) is 0.500. The predicted molar refractivity (Wildman–Crippen MR) is 115 cm³/mol. The summed E-state index contributed by atoms with van der Waals surface area (Å²) < 4.78 is 19.7.